The number of carbonyl (C=O) groups excluding carboxylic acids is 1. The lowest BCUT2D eigenvalue weighted by atomic mass is 10.0. The second-order valence-electron chi connectivity index (χ2n) is 6.93. The first-order valence-electron chi connectivity index (χ1n) is 6.71. The van der Waals surface area contributed by atoms with Gasteiger partial charge in [0.1, 0.15) is 0 Å². The van der Waals surface area contributed by atoms with Crippen LogP contribution in [0.25, 0.3) is 0 Å². The van der Waals surface area contributed by atoms with Crippen LogP contribution in [0.15, 0.2) is 0 Å². The molecule has 0 aromatic rings. The summed E-state index contributed by atoms with van der Waals surface area (Å²) in [7, 11) is 0. The lowest BCUT2D eigenvalue weighted by Crippen LogP contribution is -2.35. The van der Waals surface area contributed by atoms with E-state index < -0.39 is 5.97 Å². The van der Waals surface area contributed by atoms with Crippen LogP contribution in [0.2, 0.25) is 0 Å². The minimum absolute atomic E-state index is 0.0435. The molecule has 102 valence electrons. The van der Waals surface area contributed by atoms with Crippen LogP contribution in [0.3, 0.4) is 0 Å². The van der Waals surface area contributed by atoms with Gasteiger partial charge in [-0.2, -0.15) is 0 Å². The van der Waals surface area contributed by atoms with Crippen LogP contribution in [0.1, 0.15) is 47.0 Å². The van der Waals surface area contributed by atoms with Gasteiger partial charge in [0.25, 0.3) is 0 Å². The fourth-order valence-electron chi connectivity index (χ4n) is 3.47. The number of nitrogens with one attached hydrogen (secondary N) is 1. The molecule has 2 aliphatic carbocycles. The molecule has 2 aliphatic rings. The molecule has 2 fully saturated rings. The van der Waals surface area contributed by atoms with Gasteiger partial charge in [-0.25, -0.2) is 0 Å². The van der Waals surface area contributed by atoms with Gasteiger partial charge in [0.2, 0.25) is 5.91 Å². The molecule has 0 radical (unpaired) electrons. The van der Waals surface area contributed by atoms with Gasteiger partial charge >= 0.3 is 5.97 Å². The highest BCUT2D eigenvalue weighted by molar-refractivity contribution is 5.84. The monoisotopic (exact) mass is 253 g/mol. The first-order chi connectivity index (χ1) is 8.18. The lowest BCUT2D eigenvalue weighted by Gasteiger charge is -2.13. The Labute approximate surface area is 108 Å². The zero-order valence-electron chi connectivity index (χ0n) is 11.6. The first-order valence-corrected chi connectivity index (χ1v) is 6.71. The molecule has 0 aromatic heterocycles. The van der Waals surface area contributed by atoms with Crippen LogP contribution >= 0.6 is 0 Å². The standard InChI is InChI=1S/C14H23NO3/c1-13(2)10(14(13,3)4)11(16)15-9-6-5-8(7-9)12(17)18/h8-10H,5-7H2,1-4H3,(H,15,16)(H,17,18). The minimum atomic E-state index is -0.737. The number of rotatable bonds is 3. The van der Waals surface area contributed by atoms with Crippen molar-refractivity contribution in [1.29, 1.82) is 0 Å². The van der Waals surface area contributed by atoms with Gasteiger partial charge in [-0.1, -0.05) is 27.7 Å². The van der Waals surface area contributed by atoms with Gasteiger partial charge in [-0.3, -0.25) is 9.59 Å². The molecule has 2 N–H and O–H groups in total. The molecule has 4 nitrogen and oxygen atoms in total. The molecule has 0 bridgehead atoms. The third-order valence-electron chi connectivity index (χ3n) is 5.41. The fraction of sp³-hybridized carbons (Fsp3) is 0.857. The van der Waals surface area contributed by atoms with Crippen molar-refractivity contribution in [3.63, 3.8) is 0 Å². The number of carboxylic acid groups (broad SMARTS) is 1. The van der Waals surface area contributed by atoms with Crippen LogP contribution in [0, 0.1) is 22.7 Å². The maximum atomic E-state index is 12.2. The summed E-state index contributed by atoms with van der Waals surface area (Å²) in [6, 6.07) is 0.0470. The molecule has 2 unspecified atom stereocenters. The average Bonchev–Trinajstić information content (AvgIpc) is 2.60. The zero-order chi connectivity index (χ0) is 13.7. The number of carbonyl (C=O) groups is 2. The zero-order valence-corrected chi connectivity index (χ0v) is 11.6. The number of hydrogen-bond donors (Lipinski definition) is 2. The minimum Gasteiger partial charge on any atom is -0.481 e. The predicted octanol–water partition coefficient (Wildman–Crippen LogP) is 2.04. The maximum Gasteiger partial charge on any atom is 0.306 e. The topological polar surface area (TPSA) is 66.4 Å². The summed E-state index contributed by atoms with van der Waals surface area (Å²) in [6.45, 7) is 8.47. The predicted molar refractivity (Wildman–Crippen MR) is 68.0 cm³/mol. The van der Waals surface area contributed by atoms with Crippen molar-refractivity contribution in [1.82, 2.24) is 5.32 Å². The molecule has 2 saturated carbocycles. The number of aliphatic carboxylic acids is 1. The molecule has 0 saturated heterocycles. The fourth-order valence-corrected chi connectivity index (χ4v) is 3.47. The number of carboxylic acids is 1. The van der Waals surface area contributed by atoms with E-state index in [2.05, 4.69) is 33.0 Å². The largest absolute Gasteiger partial charge is 0.481 e. The molecule has 2 rings (SSSR count). The van der Waals surface area contributed by atoms with Gasteiger partial charge in [0, 0.05) is 12.0 Å². The van der Waals surface area contributed by atoms with Gasteiger partial charge in [-0.05, 0) is 30.1 Å². The van der Waals surface area contributed by atoms with Gasteiger partial charge < -0.3 is 10.4 Å². The van der Waals surface area contributed by atoms with Crippen LogP contribution in [-0.4, -0.2) is 23.0 Å². The number of hydrogen-bond acceptors (Lipinski definition) is 2. The molecule has 2 atom stereocenters. The normalized spacial score (nSPS) is 33.1. The highest BCUT2D eigenvalue weighted by Gasteiger charge is 2.68. The van der Waals surface area contributed by atoms with Crippen LogP contribution in [0.5, 0.6) is 0 Å². The van der Waals surface area contributed by atoms with Gasteiger partial charge in [0.15, 0.2) is 0 Å². The smallest absolute Gasteiger partial charge is 0.306 e. The van der Waals surface area contributed by atoms with E-state index in [0.29, 0.717) is 12.8 Å². The Morgan fingerprint density at radius 2 is 1.67 bits per heavy atom. The molecule has 0 aromatic carbocycles. The van der Waals surface area contributed by atoms with Crippen molar-refractivity contribution in [2.45, 2.75) is 53.0 Å². The summed E-state index contributed by atoms with van der Waals surface area (Å²) in [4.78, 5) is 23.1. The second-order valence-corrected chi connectivity index (χ2v) is 6.93. The molecule has 18 heavy (non-hydrogen) atoms. The van der Waals surface area contributed by atoms with E-state index in [0.717, 1.165) is 6.42 Å². The number of amides is 1. The molecular formula is C14H23NO3. The third-order valence-corrected chi connectivity index (χ3v) is 5.41. The van der Waals surface area contributed by atoms with Crippen molar-refractivity contribution in [3.05, 3.63) is 0 Å². The van der Waals surface area contributed by atoms with E-state index in [9.17, 15) is 9.59 Å². The summed E-state index contributed by atoms with van der Waals surface area (Å²) >= 11 is 0. The van der Waals surface area contributed by atoms with E-state index in [4.69, 9.17) is 5.11 Å². The Balaban J connectivity index is 1.89. The summed E-state index contributed by atoms with van der Waals surface area (Å²) in [5.74, 6) is -0.871. The third kappa shape index (κ3) is 1.91. The van der Waals surface area contributed by atoms with E-state index in [1.54, 1.807) is 0 Å². The Bertz CT molecular complexity index is 373. The SMILES string of the molecule is CC1(C)C(C(=O)NC2CCC(C(=O)O)C2)C1(C)C. The Hall–Kier alpha value is -1.06. The summed E-state index contributed by atoms with van der Waals surface area (Å²) in [5, 5.41) is 12.0. The van der Waals surface area contributed by atoms with E-state index in [1.807, 2.05) is 0 Å². The Kier molecular flexibility index (Phi) is 2.95. The van der Waals surface area contributed by atoms with Crippen molar-refractivity contribution < 1.29 is 14.7 Å². The molecule has 0 aliphatic heterocycles. The van der Waals surface area contributed by atoms with Crippen molar-refractivity contribution >= 4 is 11.9 Å². The average molecular weight is 253 g/mol. The van der Waals surface area contributed by atoms with E-state index >= 15 is 0 Å². The Morgan fingerprint density at radius 1 is 1.11 bits per heavy atom. The van der Waals surface area contributed by atoms with Crippen LogP contribution in [0.4, 0.5) is 0 Å². The highest BCUT2D eigenvalue weighted by Crippen LogP contribution is 2.68. The molecular weight excluding hydrogens is 230 g/mol. The maximum absolute atomic E-state index is 12.2. The molecule has 0 spiro atoms. The second kappa shape index (κ2) is 3.97. The summed E-state index contributed by atoms with van der Waals surface area (Å²) in [6.07, 6.45) is 2.04. The Morgan fingerprint density at radius 3 is 2.06 bits per heavy atom. The lowest BCUT2D eigenvalue weighted by molar-refractivity contribution is -0.141. The summed E-state index contributed by atoms with van der Waals surface area (Å²) in [5.41, 5.74) is 0.0871. The van der Waals surface area contributed by atoms with E-state index in [1.165, 1.54) is 0 Å². The first kappa shape index (κ1) is 13.4. The van der Waals surface area contributed by atoms with Crippen molar-refractivity contribution in [2.75, 3.05) is 0 Å². The van der Waals surface area contributed by atoms with Crippen molar-refractivity contribution in [2.24, 2.45) is 22.7 Å². The highest BCUT2D eigenvalue weighted by atomic mass is 16.4. The summed E-state index contributed by atoms with van der Waals surface area (Å²) < 4.78 is 0. The van der Waals surface area contributed by atoms with Gasteiger partial charge in [0.05, 0.1) is 5.92 Å². The van der Waals surface area contributed by atoms with Crippen LogP contribution < -0.4 is 5.32 Å². The molecule has 4 heteroatoms. The van der Waals surface area contributed by atoms with E-state index in [-0.39, 0.29) is 34.6 Å². The quantitative estimate of drug-likeness (QED) is 0.809. The van der Waals surface area contributed by atoms with Gasteiger partial charge in [-0.15, -0.1) is 0 Å². The molecule has 1 amide bonds. The van der Waals surface area contributed by atoms with Crippen LogP contribution in [-0.2, 0) is 9.59 Å². The van der Waals surface area contributed by atoms with Crippen molar-refractivity contribution in [3.8, 4) is 0 Å². The molecule has 0 heterocycles.